The second-order valence-electron chi connectivity index (χ2n) is 8.04. The van der Waals surface area contributed by atoms with E-state index in [-0.39, 0.29) is 17.6 Å². The van der Waals surface area contributed by atoms with Crippen molar-refractivity contribution in [1.29, 1.82) is 0 Å². The van der Waals surface area contributed by atoms with E-state index in [0.29, 0.717) is 19.7 Å². The van der Waals surface area contributed by atoms with Crippen LogP contribution in [-0.2, 0) is 9.47 Å². The Bertz CT molecular complexity index is 691. The topological polar surface area (TPSA) is 59.1 Å². The van der Waals surface area contributed by atoms with Crippen LogP contribution in [-0.4, -0.2) is 58.6 Å². The number of ketones is 1. The molecule has 0 aliphatic carbocycles. The molecule has 0 bridgehead atoms. The number of ether oxygens (including phenoxy) is 2. The van der Waals surface area contributed by atoms with Crippen molar-refractivity contribution in [1.82, 2.24) is 9.21 Å². The summed E-state index contributed by atoms with van der Waals surface area (Å²) in [6.07, 6.45) is 1.25. The molecule has 0 atom stereocenters. The summed E-state index contributed by atoms with van der Waals surface area (Å²) in [5, 5.41) is 0. The summed E-state index contributed by atoms with van der Waals surface area (Å²) in [5.74, 6) is 0.0713. The van der Waals surface area contributed by atoms with E-state index in [1.54, 1.807) is 23.8 Å². The lowest BCUT2D eigenvalue weighted by Crippen LogP contribution is -2.52. The highest BCUT2D eigenvalue weighted by Gasteiger charge is 2.46. The SMILES string of the molecule is CC(=O)c1ccc(SN2CCOC23CCN(C(=O)OC(C)(C)C)CC3)cc1. The maximum Gasteiger partial charge on any atom is 0.410 e. The Morgan fingerprint density at radius 2 is 1.74 bits per heavy atom. The molecule has 1 spiro atoms. The number of carbonyl (C=O) groups is 2. The van der Waals surface area contributed by atoms with Gasteiger partial charge in [-0.2, -0.15) is 0 Å². The predicted octanol–water partition coefficient (Wildman–Crippen LogP) is 3.96. The zero-order valence-corrected chi connectivity index (χ0v) is 17.3. The molecular weight excluding hydrogens is 364 g/mol. The van der Waals surface area contributed by atoms with Gasteiger partial charge in [-0.15, -0.1) is 0 Å². The van der Waals surface area contributed by atoms with Crippen LogP contribution in [0, 0.1) is 0 Å². The van der Waals surface area contributed by atoms with E-state index in [4.69, 9.17) is 9.47 Å². The molecule has 3 rings (SSSR count). The Balaban J connectivity index is 1.61. The molecule has 27 heavy (non-hydrogen) atoms. The van der Waals surface area contributed by atoms with Crippen molar-refractivity contribution in [2.24, 2.45) is 0 Å². The van der Waals surface area contributed by atoms with E-state index < -0.39 is 5.60 Å². The second kappa shape index (κ2) is 7.81. The lowest BCUT2D eigenvalue weighted by atomic mass is 10.0. The highest BCUT2D eigenvalue weighted by atomic mass is 32.2. The molecule has 0 radical (unpaired) electrons. The van der Waals surface area contributed by atoms with Crippen molar-refractivity contribution >= 4 is 23.8 Å². The van der Waals surface area contributed by atoms with Gasteiger partial charge >= 0.3 is 6.09 Å². The predicted molar refractivity (Wildman–Crippen MR) is 105 cm³/mol. The third-order valence-electron chi connectivity index (χ3n) is 4.79. The Morgan fingerprint density at radius 3 is 2.30 bits per heavy atom. The zero-order chi connectivity index (χ0) is 19.7. The third-order valence-corrected chi connectivity index (χ3v) is 6.01. The van der Waals surface area contributed by atoms with Gasteiger partial charge < -0.3 is 14.4 Å². The van der Waals surface area contributed by atoms with Crippen LogP contribution >= 0.6 is 11.9 Å². The lowest BCUT2D eigenvalue weighted by Gasteiger charge is -2.43. The minimum Gasteiger partial charge on any atom is -0.444 e. The van der Waals surface area contributed by atoms with Crippen LogP contribution in [0.1, 0.15) is 50.9 Å². The average molecular weight is 393 g/mol. The van der Waals surface area contributed by atoms with Crippen molar-refractivity contribution in [3.05, 3.63) is 29.8 Å². The molecule has 1 amide bonds. The van der Waals surface area contributed by atoms with Crippen LogP contribution < -0.4 is 0 Å². The molecule has 2 heterocycles. The number of Topliss-reactive ketones (excluding diaryl/α,β-unsaturated/α-hetero) is 1. The Kier molecular flexibility index (Phi) is 5.84. The van der Waals surface area contributed by atoms with Crippen molar-refractivity contribution in [3.63, 3.8) is 0 Å². The van der Waals surface area contributed by atoms with Gasteiger partial charge in [0.05, 0.1) is 6.61 Å². The van der Waals surface area contributed by atoms with E-state index >= 15 is 0 Å². The van der Waals surface area contributed by atoms with Crippen LogP contribution in [0.2, 0.25) is 0 Å². The monoisotopic (exact) mass is 392 g/mol. The van der Waals surface area contributed by atoms with E-state index in [1.807, 2.05) is 45.0 Å². The summed E-state index contributed by atoms with van der Waals surface area (Å²) in [7, 11) is 0. The Morgan fingerprint density at radius 1 is 1.11 bits per heavy atom. The maximum absolute atomic E-state index is 12.3. The van der Waals surface area contributed by atoms with Crippen molar-refractivity contribution in [2.75, 3.05) is 26.2 Å². The van der Waals surface area contributed by atoms with Crippen LogP contribution in [0.4, 0.5) is 4.79 Å². The van der Waals surface area contributed by atoms with Gasteiger partial charge in [0.25, 0.3) is 0 Å². The van der Waals surface area contributed by atoms with Gasteiger partial charge in [0.1, 0.15) is 11.3 Å². The fourth-order valence-corrected chi connectivity index (χ4v) is 4.44. The molecule has 7 heteroatoms. The van der Waals surface area contributed by atoms with Crippen LogP contribution in [0.3, 0.4) is 0 Å². The van der Waals surface area contributed by atoms with E-state index in [1.165, 1.54) is 0 Å². The van der Waals surface area contributed by atoms with Crippen molar-refractivity contribution < 1.29 is 19.1 Å². The fourth-order valence-electron chi connectivity index (χ4n) is 3.36. The van der Waals surface area contributed by atoms with Gasteiger partial charge in [0.2, 0.25) is 0 Å². The summed E-state index contributed by atoms with van der Waals surface area (Å²) in [4.78, 5) is 26.6. The number of nitrogens with zero attached hydrogens (tertiary/aromatic N) is 2. The summed E-state index contributed by atoms with van der Waals surface area (Å²) in [6.45, 7) is 9.98. The number of carbonyl (C=O) groups excluding carboxylic acids is 2. The van der Waals surface area contributed by atoms with Crippen molar-refractivity contribution in [3.8, 4) is 0 Å². The van der Waals surface area contributed by atoms with Gasteiger partial charge in [0.15, 0.2) is 5.78 Å². The lowest BCUT2D eigenvalue weighted by molar-refractivity contribution is -0.0880. The summed E-state index contributed by atoms with van der Waals surface area (Å²) < 4.78 is 13.9. The minimum atomic E-state index is -0.482. The number of hydrogen-bond acceptors (Lipinski definition) is 6. The minimum absolute atomic E-state index is 0.0713. The summed E-state index contributed by atoms with van der Waals surface area (Å²) >= 11 is 1.66. The number of hydrogen-bond donors (Lipinski definition) is 0. The highest BCUT2D eigenvalue weighted by Crippen LogP contribution is 2.41. The highest BCUT2D eigenvalue weighted by molar-refractivity contribution is 7.97. The first-order valence-corrected chi connectivity index (χ1v) is 10.1. The first kappa shape index (κ1) is 20.2. The molecule has 0 N–H and O–H groups in total. The van der Waals surface area contributed by atoms with Gasteiger partial charge in [-0.3, -0.25) is 4.79 Å². The van der Waals surface area contributed by atoms with Crippen molar-refractivity contribution in [2.45, 2.75) is 56.8 Å². The number of benzene rings is 1. The molecular formula is C20H28N2O4S. The van der Waals surface area contributed by atoms with Gasteiger partial charge in [-0.1, -0.05) is 12.1 Å². The normalized spacial score (nSPS) is 20.1. The van der Waals surface area contributed by atoms with E-state index in [9.17, 15) is 9.59 Å². The summed E-state index contributed by atoms with van der Waals surface area (Å²) in [6, 6.07) is 7.67. The number of likely N-dealkylation sites (tertiary alicyclic amines) is 1. The fraction of sp³-hybridized carbons (Fsp3) is 0.600. The Labute approximate surface area is 165 Å². The number of rotatable bonds is 3. The molecule has 2 fully saturated rings. The molecule has 0 unspecified atom stereocenters. The third kappa shape index (κ3) is 4.83. The molecule has 148 valence electrons. The molecule has 1 aromatic rings. The van der Waals surface area contributed by atoms with Gasteiger partial charge in [0, 0.05) is 42.9 Å². The average Bonchev–Trinajstić information content (AvgIpc) is 2.96. The quantitative estimate of drug-likeness (QED) is 0.573. The largest absolute Gasteiger partial charge is 0.444 e. The van der Waals surface area contributed by atoms with Gasteiger partial charge in [-0.05, 0) is 51.8 Å². The van der Waals surface area contributed by atoms with Gasteiger partial charge in [-0.25, -0.2) is 9.10 Å². The molecule has 0 aromatic heterocycles. The van der Waals surface area contributed by atoms with Crippen LogP contribution in [0.15, 0.2) is 29.2 Å². The first-order chi connectivity index (χ1) is 12.7. The molecule has 6 nitrogen and oxygen atoms in total. The standard InChI is InChI=1S/C20H28N2O4S/c1-15(23)16-5-7-17(8-6-16)27-22-13-14-25-20(22)9-11-21(12-10-20)18(24)26-19(2,3)4/h5-8H,9-14H2,1-4H3. The first-order valence-electron chi connectivity index (χ1n) is 9.37. The zero-order valence-electron chi connectivity index (χ0n) is 16.5. The Hall–Kier alpha value is -1.57. The number of piperidine rings is 1. The molecule has 1 aromatic carbocycles. The number of amides is 1. The van der Waals surface area contributed by atoms with Crippen LogP contribution in [0.5, 0.6) is 0 Å². The van der Waals surface area contributed by atoms with E-state index in [0.717, 1.165) is 29.8 Å². The van der Waals surface area contributed by atoms with E-state index in [2.05, 4.69) is 4.31 Å². The molecule has 2 saturated heterocycles. The summed E-state index contributed by atoms with van der Waals surface area (Å²) in [5.41, 5.74) is -0.107. The molecule has 2 aliphatic rings. The smallest absolute Gasteiger partial charge is 0.410 e. The maximum atomic E-state index is 12.3. The second-order valence-corrected chi connectivity index (χ2v) is 9.13. The van der Waals surface area contributed by atoms with Crippen LogP contribution in [0.25, 0.3) is 0 Å². The molecule has 2 aliphatic heterocycles. The molecule has 0 saturated carbocycles.